The maximum Gasteiger partial charge on any atom is 0.328 e. The summed E-state index contributed by atoms with van der Waals surface area (Å²) in [5.41, 5.74) is 1.41. The van der Waals surface area contributed by atoms with Crippen molar-refractivity contribution in [2.24, 2.45) is 35.5 Å². The number of carboxylic acid groups (broad SMARTS) is 1. The maximum absolute atomic E-state index is 10.7. The van der Waals surface area contributed by atoms with Crippen LogP contribution < -0.4 is 0 Å². The number of carbonyl (C=O) groups is 1. The molecule has 0 aromatic carbocycles. The summed E-state index contributed by atoms with van der Waals surface area (Å²) in [6.45, 7) is 8.92. The van der Waals surface area contributed by atoms with Crippen LogP contribution in [-0.4, -0.2) is 22.3 Å². The molecule has 0 aromatic rings. The molecule has 0 unspecified atom stereocenters. The largest absolute Gasteiger partial charge is 0.478 e. The zero-order valence-electron chi connectivity index (χ0n) is 15.4. The second-order valence-electron chi connectivity index (χ2n) is 7.79. The Labute approximate surface area is 146 Å². The van der Waals surface area contributed by atoms with E-state index in [0.29, 0.717) is 35.5 Å². The molecule has 2 aliphatic rings. The Hall–Kier alpha value is -1.35. The highest BCUT2D eigenvalue weighted by atomic mass is 16.4. The molecule has 0 radical (unpaired) electrons. The van der Waals surface area contributed by atoms with Gasteiger partial charge in [-0.05, 0) is 68.6 Å². The lowest BCUT2D eigenvalue weighted by Crippen LogP contribution is -2.48. The third kappa shape index (κ3) is 4.00. The third-order valence-electron chi connectivity index (χ3n) is 6.34. The smallest absolute Gasteiger partial charge is 0.328 e. The predicted octanol–water partition coefficient (Wildman–Crippen LogP) is 4.45. The number of rotatable bonds is 4. The number of aliphatic carboxylic acids is 1. The molecule has 7 atom stereocenters. The first-order valence-electron chi connectivity index (χ1n) is 9.25. The van der Waals surface area contributed by atoms with Crippen LogP contribution in [-0.2, 0) is 4.79 Å². The van der Waals surface area contributed by atoms with Crippen molar-refractivity contribution in [3.8, 4) is 0 Å². The highest BCUT2D eigenvalue weighted by molar-refractivity contribution is 5.80. The van der Waals surface area contributed by atoms with Crippen LogP contribution in [0.5, 0.6) is 0 Å². The van der Waals surface area contributed by atoms with E-state index in [4.69, 9.17) is 5.11 Å². The van der Waals surface area contributed by atoms with Gasteiger partial charge in [0.15, 0.2) is 0 Å². The first-order chi connectivity index (χ1) is 11.4. The standard InChI is InChI=1S/C21H32O3/c1-5-13(2)20-15(4)12-17-18(22)11-10-14(3)21(17)16(20)8-6-7-9-19(23)24/h5-9,14-18,20-22H,10-12H2,1-4H3,(H,23,24)/t14-,15-,16+,17-,18-,20+,21-/m0/s1. The molecule has 0 aromatic heterocycles. The van der Waals surface area contributed by atoms with Crippen molar-refractivity contribution < 1.29 is 15.0 Å². The predicted molar refractivity (Wildman–Crippen MR) is 97.5 cm³/mol. The van der Waals surface area contributed by atoms with Crippen LogP contribution in [0.25, 0.3) is 0 Å². The molecule has 2 N–H and O–H groups in total. The number of fused-ring (bicyclic) bond motifs is 1. The minimum atomic E-state index is -0.919. The van der Waals surface area contributed by atoms with E-state index in [9.17, 15) is 9.90 Å². The molecule has 2 rings (SSSR count). The third-order valence-corrected chi connectivity index (χ3v) is 6.34. The van der Waals surface area contributed by atoms with Crippen molar-refractivity contribution in [3.63, 3.8) is 0 Å². The van der Waals surface area contributed by atoms with Crippen LogP contribution in [0.4, 0.5) is 0 Å². The van der Waals surface area contributed by atoms with Gasteiger partial charge in [-0.3, -0.25) is 0 Å². The summed E-state index contributed by atoms with van der Waals surface area (Å²) >= 11 is 0. The van der Waals surface area contributed by atoms with E-state index in [1.165, 1.54) is 11.6 Å². The van der Waals surface area contributed by atoms with Crippen LogP contribution in [0, 0.1) is 35.5 Å². The topological polar surface area (TPSA) is 57.5 Å². The minimum absolute atomic E-state index is 0.189. The van der Waals surface area contributed by atoms with Crippen LogP contribution in [0.1, 0.15) is 47.0 Å². The fraction of sp³-hybridized carbons (Fsp3) is 0.667. The molecule has 134 valence electrons. The zero-order chi connectivity index (χ0) is 17.9. The van der Waals surface area contributed by atoms with Crippen molar-refractivity contribution in [1.29, 1.82) is 0 Å². The lowest BCUT2D eigenvalue weighted by Gasteiger charge is -2.52. The molecule has 2 fully saturated rings. The summed E-state index contributed by atoms with van der Waals surface area (Å²) in [6, 6.07) is 0. The number of hydrogen-bond donors (Lipinski definition) is 2. The number of hydrogen-bond acceptors (Lipinski definition) is 2. The molecule has 0 bridgehead atoms. The summed E-state index contributed by atoms with van der Waals surface area (Å²) in [5.74, 6) is 1.87. The van der Waals surface area contributed by atoms with E-state index < -0.39 is 5.97 Å². The maximum atomic E-state index is 10.7. The average Bonchev–Trinajstić information content (AvgIpc) is 2.53. The molecule has 3 nitrogen and oxygen atoms in total. The average molecular weight is 332 g/mol. The number of allylic oxidation sites excluding steroid dienone is 5. The normalized spacial score (nSPS) is 40.9. The van der Waals surface area contributed by atoms with Crippen molar-refractivity contribution in [2.45, 2.75) is 53.1 Å². The fourth-order valence-corrected chi connectivity index (χ4v) is 5.22. The monoisotopic (exact) mass is 332 g/mol. The molecule has 0 amide bonds. The molecule has 0 spiro atoms. The molecule has 2 aliphatic carbocycles. The SMILES string of the molecule is CC=C(C)[C@H]1[C@@H](C=CC=CC(=O)O)[C@H]2[C@@H](C[C@@H]1C)[C@@H](O)CC[C@@H]2C. The summed E-state index contributed by atoms with van der Waals surface area (Å²) in [6.07, 6.45) is 12.0. The van der Waals surface area contributed by atoms with E-state index in [1.54, 1.807) is 6.08 Å². The van der Waals surface area contributed by atoms with E-state index in [1.807, 2.05) is 6.08 Å². The fourth-order valence-electron chi connectivity index (χ4n) is 5.22. The van der Waals surface area contributed by atoms with Crippen LogP contribution in [0.2, 0.25) is 0 Å². The van der Waals surface area contributed by atoms with Gasteiger partial charge in [-0.1, -0.05) is 43.7 Å². The summed E-state index contributed by atoms with van der Waals surface area (Å²) in [5, 5.41) is 19.3. The van der Waals surface area contributed by atoms with Gasteiger partial charge in [-0.15, -0.1) is 0 Å². The number of carboxylic acids is 1. The van der Waals surface area contributed by atoms with E-state index in [2.05, 4.69) is 39.8 Å². The first kappa shape index (κ1) is 19.0. The lowest BCUT2D eigenvalue weighted by atomic mass is 9.53. The first-order valence-corrected chi connectivity index (χ1v) is 9.25. The van der Waals surface area contributed by atoms with Crippen molar-refractivity contribution in [3.05, 3.63) is 36.0 Å². The number of aliphatic hydroxyl groups excluding tert-OH is 1. The highest BCUT2D eigenvalue weighted by Crippen LogP contribution is 2.53. The molecular formula is C21H32O3. The van der Waals surface area contributed by atoms with E-state index >= 15 is 0 Å². The Morgan fingerprint density at radius 2 is 1.83 bits per heavy atom. The lowest BCUT2D eigenvalue weighted by molar-refractivity contribution is -0.131. The summed E-state index contributed by atoms with van der Waals surface area (Å²) < 4.78 is 0. The molecule has 0 aliphatic heterocycles. The van der Waals surface area contributed by atoms with Crippen molar-refractivity contribution in [1.82, 2.24) is 0 Å². The van der Waals surface area contributed by atoms with Crippen LogP contribution in [0.3, 0.4) is 0 Å². The van der Waals surface area contributed by atoms with Gasteiger partial charge in [0.1, 0.15) is 0 Å². The second-order valence-corrected chi connectivity index (χ2v) is 7.79. The quantitative estimate of drug-likeness (QED) is 0.454. The van der Waals surface area contributed by atoms with Gasteiger partial charge in [0.2, 0.25) is 0 Å². The Bertz CT molecular complexity index is 531. The van der Waals surface area contributed by atoms with Crippen molar-refractivity contribution in [2.75, 3.05) is 0 Å². The number of aliphatic hydroxyl groups is 1. The molecule has 0 heterocycles. The zero-order valence-corrected chi connectivity index (χ0v) is 15.4. The van der Waals surface area contributed by atoms with E-state index in [0.717, 1.165) is 19.3 Å². The highest BCUT2D eigenvalue weighted by Gasteiger charge is 2.48. The van der Waals surface area contributed by atoms with E-state index in [-0.39, 0.29) is 6.10 Å². The molecule has 0 saturated heterocycles. The Balaban J connectivity index is 2.36. The molecule has 3 heteroatoms. The second kappa shape index (κ2) is 8.15. The molecular weight excluding hydrogens is 300 g/mol. The minimum Gasteiger partial charge on any atom is -0.478 e. The summed E-state index contributed by atoms with van der Waals surface area (Å²) in [7, 11) is 0. The van der Waals surface area contributed by atoms with Gasteiger partial charge in [0.25, 0.3) is 0 Å². The Morgan fingerprint density at radius 3 is 2.46 bits per heavy atom. The molecule has 2 saturated carbocycles. The van der Waals surface area contributed by atoms with Gasteiger partial charge >= 0.3 is 5.97 Å². The Morgan fingerprint density at radius 1 is 1.12 bits per heavy atom. The van der Waals surface area contributed by atoms with Gasteiger partial charge in [-0.25, -0.2) is 4.79 Å². The van der Waals surface area contributed by atoms with Gasteiger partial charge in [0, 0.05) is 6.08 Å². The summed E-state index contributed by atoms with van der Waals surface area (Å²) in [4.78, 5) is 10.7. The van der Waals surface area contributed by atoms with Gasteiger partial charge in [0.05, 0.1) is 6.10 Å². The Kier molecular flexibility index (Phi) is 6.45. The molecule has 24 heavy (non-hydrogen) atoms. The van der Waals surface area contributed by atoms with Gasteiger partial charge < -0.3 is 10.2 Å². The van der Waals surface area contributed by atoms with Crippen LogP contribution >= 0.6 is 0 Å². The van der Waals surface area contributed by atoms with Gasteiger partial charge in [-0.2, -0.15) is 0 Å². The van der Waals surface area contributed by atoms with Crippen LogP contribution in [0.15, 0.2) is 36.0 Å². The van der Waals surface area contributed by atoms with Crippen molar-refractivity contribution >= 4 is 5.97 Å².